The zero-order valence-electron chi connectivity index (χ0n) is 12.8. The number of carbonyl (C=O) groups excluding carboxylic acids is 1. The first-order valence-corrected chi connectivity index (χ1v) is 7.97. The van der Waals surface area contributed by atoms with Gasteiger partial charge in [0.1, 0.15) is 11.9 Å². The van der Waals surface area contributed by atoms with Crippen molar-refractivity contribution in [3.05, 3.63) is 29.3 Å². The second kappa shape index (κ2) is 8.36. The van der Waals surface area contributed by atoms with Crippen molar-refractivity contribution in [3.8, 4) is 5.75 Å². The Labute approximate surface area is 136 Å². The fraction of sp³-hybridized carbons (Fsp3) is 0.562. The lowest BCUT2D eigenvalue weighted by Crippen LogP contribution is -2.48. The van der Waals surface area contributed by atoms with Gasteiger partial charge in [0.25, 0.3) is 0 Å². The van der Waals surface area contributed by atoms with Gasteiger partial charge in [-0.15, -0.1) is 0 Å². The van der Waals surface area contributed by atoms with Crippen LogP contribution in [0.15, 0.2) is 24.3 Å². The topological polar surface area (TPSA) is 73.6 Å². The third-order valence-electron chi connectivity index (χ3n) is 3.77. The second-order valence-electron chi connectivity index (χ2n) is 5.61. The van der Waals surface area contributed by atoms with Gasteiger partial charge in [-0.2, -0.15) is 0 Å². The van der Waals surface area contributed by atoms with Crippen LogP contribution in [-0.2, 0) is 9.53 Å². The van der Waals surface area contributed by atoms with Crippen molar-refractivity contribution in [2.45, 2.75) is 31.9 Å². The van der Waals surface area contributed by atoms with E-state index in [0.717, 1.165) is 12.8 Å². The molecule has 122 valence electrons. The summed E-state index contributed by atoms with van der Waals surface area (Å²) in [6.45, 7) is 3.66. The van der Waals surface area contributed by atoms with E-state index >= 15 is 0 Å². The van der Waals surface area contributed by atoms with Crippen LogP contribution in [0.2, 0.25) is 5.02 Å². The molecule has 1 fully saturated rings. The first-order valence-electron chi connectivity index (χ1n) is 7.59. The van der Waals surface area contributed by atoms with E-state index in [1.54, 1.807) is 12.1 Å². The third kappa shape index (κ3) is 5.16. The van der Waals surface area contributed by atoms with Crippen molar-refractivity contribution in [2.24, 2.45) is 11.7 Å². The second-order valence-corrected chi connectivity index (χ2v) is 6.04. The molecule has 22 heavy (non-hydrogen) atoms. The highest BCUT2D eigenvalue weighted by molar-refractivity contribution is 6.30. The molecule has 1 heterocycles. The number of benzene rings is 1. The van der Waals surface area contributed by atoms with Crippen LogP contribution >= 0.6 is 11.6 Å². The van der Waals surface area contributed by atoms with Crippen LogP contribution in [0.5, 0.6) is 5.75 Å². The van der Waals surface area contributed by atoms with E-state index in [2.05, 4.69) is 5.32 Å². The molecular weight excluding hydrogens is 304 g/mol. The number of amides is 1. The number of hydrogen-bond acceptors (Lipinski definition) is 4. The zero-order chi connectivity index (χ0) is 15.9. The molecule has 2 rings (SSSR count). The maximum absolute atomic E-state index is 12.1. The number of halogens is 1. The van der Waals surface area contributed by atoms with Crippen molar-refractivity contribution in [1.82, 2.24) is 5.32 Å². The van der Waals surface area contributed by atoms with E-state index in [1.165, 1.54) is 0 Å². The van der Waals surface area contributed by atoms with Crippen molar-refractivity contribution >= 4 is 17.5 Å². The summed E-state index contributed by atoms with van der Waals surface area (Å²) in [6.07, 6.45) is 1.51. The highest BCUT2D eigenvalue weighted by Gasteiger charge is 2.26. The van der Waals surface area contributed by atoms with Gasteiger partial charge >= 0.3 is 0 Å². The lowest BCUT2D eigenvalue weighted by molar-refractivity contribution is -0.124. The molecule has 0 bridgehead atoms. The van der Waals surface area contributed by atoms with E-state index < -0.39 is 6.04 Å². The number of hydrogen-bond donors (Lipinski definition) is 2. The first-order chi connectivity index (χ1) is 10.6. The molecule has 2 unspecified atom stereocenters. The smallest absolute Gasteiger partial charge is 0.237 e. The van der Waals surface area contributed by atoms with Crippen molar-refractivity contribution in [2.75, 3.05) is 19.8 Å². The van der Waals surface area contributed by atoms with Gasteiger partial charge in [0, 0.05) is 18.2 Å². The standard InChI is InChI=1S/C16H23ClN2O3/c1-11(22-14-4-2-3-13(17)9-14)10-19-16(20)15(18)12-5-7-21-8-6-12/h2-4,9,11-12,15H,5-8,10,18H2,1H3,(H,19,20). The molecule has 2 atom stereocenters. The van der Waals surface area contributed by atoms with Crippen LogP contribution in [0.4, 0.5) is 0 Å². The Morgan fingerprint density at radius 3 is 2.91 bits per heavy atom. The predicted octanol–water partition coefficient (Wildman–Crippen LogP) is 1.98. The van der Waals surface area contributed by atoms with Crippen LogP contribution in [0, 0.1) is 5.92 Å². The normalized spacial score (nSPS) is 18.5. The van der Waals surface area contributed by atoms with E-state index in [1.807, 2.05) is 19.1 Å². The molecular formula is C16H23ClN2O3. The van der Waals surface area contributed by atoms with Gasteiger partial charge < -0.3 is 20.5 Å². The Hall–Kier alpha value is -1.30. The average molecular weight is 327 g/mol. The van der Waals surface area contributed by atoms with E-state index in [-0.39, 0.29) is 17.9 Å². The van der Waals surface area contributed by atoms with E-state index in [9.17, 15) is 4.79 Å². The van der Waals surface area contributed by atoms with Gasteiger partial charge in [0.2, 0.25) is 5.91 Å². The van der Waals surface area contributed by atoms with E-state index in [0.29, 0.717) is 30.5 Å². The van der Waals surface area contributed by atoms with Crippen LogP contribution in [0.3, 0.4) is 0 Å². The molecule has 1 aliphatic heterocycles. The summed E-state index contributed by atoms with van der Waals surface area (Å²) in [5.74, 6) is 0.745. The first kappa shape index (κ1) is 17.1. The fourth-order valence-electron chi connectivity index (χ4n) is 2.47. The zero-order valence-corrected chi connectivity index (χ0v) is 13.5. The summed E-state index contributed by atoms with van der Waals surface area (Å²) in [7, 11) is 0. The van der Waals surface area contributed by atoms with Crippen LogP contribution < -0.4 is 15.8 Å². The molecule has 5 nitrogen and oxygen atoms in total. The monoisotopic (exact) mass is 326 g/mol. The molecule has 0 saturated carbocycles. The Balaban J connectivity index is 1.75. The van der Waals surface area contributed by atoms with Crippen molar-refractivity contribution in [1.29, 1.82) is 0 Å². The molecule has 1 aromatic carbocycles. The highest BCUT2D eigenvalue weighted by Crippen LogP contribution is 2.19. The fourth-order valence-corrected chi connectivity index (χ4v) is 2.65. The minimum absolute atomic E-state index is 0.131. The van der Waals surface area contributed by atoms with Crippen molar-refractivity contribution in [3.63, 3.8) is 0 Å². The van der Waals surface area contributed by atoms with Gasteiger partial charge in [0.15, 0.2) is 0 Å². The summed E-state index contributed by atoms with van der Waals surface area (Å²) < 4.78 is 11.0. The predicted molar refractivity (Wildman–Crippen MR) is 86.1 cm³/mol. The molecule has 0 spiro atoms. The van der Waals surface area contributed by atoms with Crippen LogP contribution in [0.1, 0.15) is 19.8 Å². The largest absolute Gasteiger partial charge is 0.489 e. The van der Waals surface area contributed by atoms with Gasteiger partial charge in [-0.1, -0.05) is 17.7 Å². The maximum Gasteiger partial charge on any atom is 0.237 e. The molecule has 1 aromatic rings. The highest BCUT2D eigenvalue weighted by atomic mass is 35.5. The van der Waals surface area contributed by atoms with Crippen molar-refractivity contribution < 1.29 is 14.3 Å². The minimum atomic E-state index is -0.484. The molecule has 0 aliphatic carbocycles. The summed E-state index contributed by atoms with van der Waals surface area (Å²) in [4.78, 5) is 12.1. The third-order valence-corrected chi connectivity index (χ3v) is 4.01. The Morgan fingerprint density at radius 2 is 2.23 bits per heavy atom. The molecule has 6 heteroatoms. The summed E-state index contributed by atoms with van der Waals surface area (Å²) >= 11 is 5.91. The molecule has 1 amide bonds. The van der Waals surface area contributed by atoms with Crippen LogP contribution in [-0.4, -0.2) is 37.8 Å². The Bertz CT molecular complexity index is 492. The summed E-state index contributed by atoms with van der Waals surface area (Å²) in [5.41, 5.74) is 6.02. The number of carbonyl (C=O) groups is 1. The maximum atomic E-state index is 12.1. The van der Waals surface area contributed by atoms with Gasteiger partial charge in [-0.05, 0) is 43.9 Å². The number of nitrogens with one attached hydrogen (secondary N) is 1. The van der Waals surface area contributed by atoms with Gasteiger partial charge in [0.05, 0.1) is 12.6 Å². The van der Waals surface area contributed by atoms with E-state index in [4.69, 9.17) is 26.8 Å². The molecule has 0 aromatic heterocycles. The molecule has 0 radical (unpaired) electrons. The van der Waals surface area contributed by atoms with Gasteiger partial charge in [-0.25, -0.2) is 0 Å². The molecule has 1 aliphatic rings. The lowest BCUT2D eigenvalue weighted by Gasteiger charge is -2.27. The van der Waals surface area contributed by atoms with Gasteiger partial charge in [-0.3, -0.25) is 4.79 Å². The minimum Gasteiger partial charge on any atom is -0.489 e. The number of rotatable bonds is 6. The summed E-state index contributed by atoms with van der Waals surface area (Å²) in [6, 6.07) is 6.70. The van der Waals surface area contributed by atoms with Crippen LogP contribution in [0.25, 0.3) is 0 Å². The SMILES string of the molecule is CC(CNC(=O)C(N)C1CCOCC1)Oc1cccc(Cl)c1. The quantitative estimate of drug-likeness (QED) is 0.838. The Morgan fingerprint density at radius 1 is 1.50 bits per heavy atom. The number of nitrogens with two attached hydrogens (primary N) is 1. The summed E-state index contributed by atoms with van der Waals surface area (Å²) in [5, 5.41) is 3.47. The number of ether oxygens (including phenoxy) is 2. The average Bonchev–Trinajstić information content (AvgIpc) is 2.52. The lowest BCUT2D eigenvalue weighted by atomic mass is 9.92. The molecule has 1 saturated heterocycles. The Kier molecular flexibility index (Phi) is 6.49. The molecule has 3 N–H and O–H groups in total.